The lowest BCUT2D eigenvalue weighted by Crippen LogP contribution is -2.39. The summed E-state index contributed by atoms with van der Waals surface area (Å²) in [6.07, 6.45) is 1.11. The van der Waals surface area contributed by atoms with Crippen molar-refractivity contribution < 1.29 is 14.3 Å². The van der Waals surface area contributed by atoms with E-state index in [0.717, 1.165) is 25.6 Å². The van der Waals surface area contributed by atoms with Crippen LogP contribution < -0.4 is 10.6 Å². The van der Waals surface area contributed by atoms with Crippen molar-refractivity contribution in [2.75, 3.05) is 23.7 Å². The molecule has 0 bridgehead atoms. The summed E-state index contributed by atoms with van der Waals surface area (Å²) in [6, 6.07) is 2.44. The summed E-state index contributed by atoms with van der Waals surface area (Å²) in [5.41, 5.74) is 5.80. The molecule has 0 radical (unpaired) electrons. The van der Waals surface area contributed by atoms with E-state index in [1.807, 2.05) is 4.90 Å². The van der Waals surface area contributed by atoms with Gasteiger partial charge in [0.25, 0.3) is 0 Å². The molecule has 1 saturated heterocycles. The molecule has 0 amide bonds. The SMILES string of the molecule is CC1CC(C)CN(c2cc(C(=O)O)c(N)cc2F)C1. The molecular weight excluding hydrogens is 247 g/mol. The molecular formula is C14H19FN2O2. The molecule has 0 spiro atoms. The van der Waals surface area contributed by atoms with Crippen LogP contribution in [0.4, 0.5) is 15.8 Å². The predicted molar refractivity (Wildman–Crippen MR) is 72.9 cm³/mol. The van der Waals surface area contributed by atoms with Crippen LogP contribution in [0.15, 0.2) is 12.1 Å². The molecule has 1 heterocycles. The molecule has 2 unspecified atom stereocenters. The van der Waals surface area contributed by atoms with E-state index >= 15 is 0 Å². The van der Waals surface area contributed by atoms with Crippen molar-refractivity contribution in [1.82, 2.24) is 0 Å². The van der Waals surface area contributed by atoms with Crippen molar-refractivity contribution in [1.29, 1.82) is 0 Å². The van der Waals surface area contributed by atoms with Crippen LogP contribution in [-0.2, 0) is 0 Å². The number of anilines is 2. The number of benzene rings is 1. The molecule has 1 fully saturated rings. The molecule has 5 heteroatoms. The first-order valence-electron chi connectivity index (χ1n) is 6.45. The molecule has 1 aliphatic rings. The van der Waals surface area contributed by atoms with E-state index in [1.54, 1.807) is 0 Å². The topological polar surface area (TPSA) is 66.6 Å². The largest absolute Gasteiger partial charge is 0.478 e. The van der Waals surface area contributed by atoms with Gasteiger partial charge in [0.2, 0.25) is 0 Å². The first kappa shape index (κ1) is 13.6. The van der Waals surface area contributed by atoms with Gasteiger partial charge < -0.3 is 15.7 Å². The normalized spacial score (nSPS) is 23.4. The van der Waals surface area contributed by atoms with Gasteiger partial charge in [-0.25, -0.2) is 9.18 Å². The van der Waals surface area contributed by atoms with Gasteiger partial charge in [-0.2, -0.15) is 0 Å². The fourth-order valence-electron chi connectivity index (χ4n) is 2.86. The summed E-state index contributed by atoms with van der Waals surface area (Å²) in [6.45, 7) is 5.72. The van der Waals surface area contributed by atoms with Crippen molar-refractivity contribution in [3.63, 3.8) is 0 Å². The summed E-state index contributed by atoms with van der Waals surface area (Å²) in [5, 5.41) is 9.06. The summed E-state index contributed by atoms with van der Waals surface area (Å²) >= 11 is 0. The number of rotatable bonds is 2. The van der Waals surface area contributed by atoms with Crippen molar-refractivity contribution in [2.45, 2.75) is 20.3 Å². The van der Waals surface area contributed by atoms with Crippen LogP contribution in [0.1, 0.15) is 30.6 Å². The maximum Gasteiger partial charge on any atom is 0.337 e. The van der Waals surface area contributed by atoms with Crippen LogP contribution in [-0.4, -0.2) is 24.2 Å². The van der Waals surface area contributed by atoms with E-state index in [2.05, 4.69) is 13.8 Å². The molecule has 0 aromatic heterocycles. The Labute approximate surface area is 112 Å². The summed E-state index contributed by atoms with van der Waals surface area (Å²) in [7, 11) is 0. The van der Waals surface area contributed by atoms with Crippen LogP contribution in [0, 0.1) is 17.7 Å². The third-order valence-corrected chi connectivity index (χ3v) is 3.56. The van der Waals surface area contributed by atoms with Gasteiger partial charge in [0.05, 0.1) is 11.3 Å². The number of piperidine rings is 1. The fourth-order valence-corrected chi connectivity index (χ4v) is 2.86. The molecule has 4 nitrogen and oxygen atoms in total. The Morgan fingerprint density at radius 1 is 1.37 bits per heavy atom. The van der Waals surface area contributed by atoms with Crippen molar-refractivity contribution >= 4 is 17.3 Å². The highest BCUT2D eigenvalue weighted by atomic mass is 19.1. The standard InChI is InChI=1S/C14H19FN2O2/c1-8-3-9(2)7-17(6-8)13-4-10(14(18)19)12(16)5-11(13)15/h4-5,8-9H,3,6-7,16H2,1-2H3,(H,18,19). The van der Waals surface area contributed by atoms with Crippen LogP contribution in [0.3, 0.4) is 0 Å². The number of hydrogen-bond acceptors (Lipinski definition) is 3. The number of aromatic carboxylic acids is 1. The zero-order valence-corrected chi connectivity index (χ0v) is 11.2. The molecule has 0 saturated carbocycles. The number of nitrogen functional groups attached to an aromatic ring is 1. The quantitative estimate of drug-likeness (QED) is 0.807. The van der Waals surface area contributed by atoms with Gasteiger partial charge in [0.1, 0.15) is 5.82 Å². The molecule has 1 aromatic carbocycles. The Hall–Kier alpha value is -1.78. The van der Waals surface area contributed by atoms with E-state index in [-0.39, 0.29) is 11.3 Å². The number of carboxylic acid groups (broad SMARTS) is 1. The van der Waals surface area contributed by atoms with Crippen LogP contribution >= 0.6 is 0 Å². The summed E-state index contributed by atoms with van der Waals surface area (Å²) in [4.78, 5) is 13.0. The minimum absolute atomic E-state index is 0.0353. The Balaban J connectivity index is 2.38. The maximum atomic E-state index is 14.0. The monoisotopic (exact) mass is 266 g/mol. The number of carbonyl (C=O) groups is 1. The highest BCUT2D eigenvalue weighted by Gasteiger charge is 2.25. The van der Waals surface area contributed by atoms with Gasteiger partial charge in [-0.3, -0.25) is 0 Å². The predicted octanol–water partition coefficient (Wildman–Crippen LogP) is 2.59. The van der Waals surface area contributed by atoms with E-state index in [0.29, 0.717) is 17.5 Å². The Morgan fingerprint density at radius 3 is 2.47 bits per heavy atom. The highest BCUT2D eigenvalue weighted by molar-refractivity contribution is 5.95. The Kier molecular flexibility index (Phi) is 3.64. The van der Waals surface area contributed by atoms with Crippen LogP contribution in [0.5, 0.6) is 0 Å². The molecule has 104 valence electrons. The number of hydrogen-bond donors (Lipinski definition) is 2. The van der Waals surface area contributed by atoms with Crippen LogP contribution in [0.25, 0.3) is 0 Å². The first-order chi connectivity index (χ1) is 8.88. The molecule has 2 rings (SSSR count). The number of nitrogens with two attached hydrogens (primary N) is 1. The number of carboxylic acids is 1. The Bertz CT molecular complexity index is 494. The molecule has 1 aromatic rings. The van der Waals surface area contributed by atoms with E-state index in [4.69, 9.17) is 10.8 Å². The van der Waals surface area contributed by atoms with Gasteiger partial charge in [0.15, 0.2) is 0 Å². The molecule has 0 aliphatic carbocycles. The smallest absolute Gasteiger partial charge is 0.337 e. The number of nitrogens with zero attached hydrogens (tertiary/aromatic N) is 1. The third-order valence-electron chi connectivity index (χ3n) is 3.56. The second-order valence-electron chi connectivity index (χ2n) is 5.55. The summed E-state index contributed by atoms with van der Waals surface area (Å²) < 4.78 is 14.0. The van der Waals surface area contributed by atoms with Crippen molar-refractivity contribution in [3.05, 3.63) is 23.5 Å². The minimum atomic E-state index is -1.13. The highest BCUT2D eigenvalue weighted by Crippen LogP contribution is 2.30. The molecule has 3 N–H and O–H groups in total. The fraction of sp³-hybridized carbons (Fsp3) is 0.500. The van der Waals surface area contributed by atoms with E-state index in [1.165, 1.54) is 6.07 Å². The average Bonchev–Trinajstić information content (AvgIpc) is 2.26. The lowest BCUT2D eigenvalue weighted by molar-refractivity contribution is 0.0698. The lowest BCUT2D eigenvalue weighted by Gasteiger charge is -2.37. The molecule has 19 heavy (non-hydrogen) atoms. The second-order valence-corrected chi connectivity index (χ2v) is 5.55. The van der Waals surface area contributed by atoms with E-state index < -0.39 is 11.8 Å². The van der Waals surface area contributed by atoms with Gasteiger partial charge in [0, 0.05) is 18.8 Å². The van der Waals surface area contributed by atoms with Gasteiger partial charge in [-0.15, -0.1) is 0 Å². The maximum absolute atomic E-state index is 14.0. The molecule has 1 aliphatic heterocycles. The lowest BCUT2D eigenvalue weighted by atomic mass is 9.91. The zero-order chi connectivity index (χ0) is 14.2. The third kappa shape index (κ3) is 2.80. The van der Waals surface area contributed by atoms with Gasteiger partial charge in [-0.05, 0) is 30.4 Å². The first-order valence-corrected chi connectivity index (χ1v) is 6.45. The summed E-state index contributed by atoms with van der Waals surface area (Å²) in [5.74, 6) is -0.649. The Morgan fingerprint density at radius 2 is 1.95 bits per heavy atom. The van der Waals surface area contributed by atoms with E-state index in [9.17, 15) is 9.18 Å². The van der Waals surface area contributed by atoms with Crippen molar-refractivity contribution in [2.24, 2.45) is 11.8 Å². The van der Waals surface area contributed by atoms with Gasteiger partial charge >= 0.3 is 5.97 Å². The number of halogens is 1. The van der Waals surface area contributed by atoms with Crippen molar-refractivity contribution in [3.8, 4) is 0 Å². The second kappa shape index (κ2) is 5.07. The van der Waals surface area contributed by atoms with Crippen LogP contribution in [0.2, 0.25) is 0 Å². The molecule has 2 atom stereocenters. The minimum Gasteiger partial charge on any atom is -0.478 e. The van der Waals surface area contributed by atoms with Gasteiger partial charge in [-0.1, -0.05) is 13.8 Å². The average molecular weight is 266 g/mol. The zero-order valence-electron chi connectivity index (χ0n) is 11.2.